The van der Waals surface area contributed by atoms with Crippen molar-refractivity contribution in [1.29, 1.82) is 0 Å². The van der Waals surface area contributed by atoms with Crippen LogP contribution in [0.5, 0.6) is 0 Å². The molecule has 3 heterocycles. The average molecular weight is 356 g/mol. The lowest BCUT2D eigenvalue weighted by Crippen LogP contribution is -2.29. The second-order valence-corrected chi connectivity index (χ2v) is 6.20. The summed E-state index contributed by atoms with van der Waals surface area (Å²) in [4.78, 5) is 16.9. The van der Waals surface area contributed by atoms with Gasteiger partial charge in [-0.1, -0.05) is 17.7 Å². The summed E-state index contributed by atoms with van der Waals surface area (Å²) in [5.41, 5.74) is 3.22. The van der Waals surface area contributed by atoms with Gasteiger partial charge in [-0.05, 0) is 24.3 Å². The highest BCUT2D eigenvalue weighted by Gasteiger charge is 2.21. The normalized spacial score (nSPS) is 13.6. The molecule has 0 aliphatic carbocycles. The van der Waals surface area contributed by atoms with Gasteiger partial charge >= 0.3 is 0 Å². The van der Waals surface area contributed by atoms with E-state index in [1.54, 1.807) is 22.9 Å². The Bertz CT molecular complexity index is 938. The van der Waals surface area contributed by atoms with Crippen LogP contribution in [0.1, 0.15) is 11.3 Å². The number of nitrogens with zero attached hydrogens (tertiary/aromatic N) is 5. The van der Waals surface area contributed by atoms with Crippen LogP contribution in [0.25, 0.3) is 5.82 Å². The first kappa shape index (κ1) is 15.6. The molecular weight excluding hydrogens is 342 g/mol. The number of anilines is 1. The molecule has 1 aliphatic heterocycles. The number of benzene rings is 1. The zero-order valence-corrected chi connectivity index (χ0v) is 13.9. The molecule has 1 aromatic carbocycles. The summed E-state index contributed by atoms with van der Waals surface area (Å²) in [5.74, 6) is 0.684. The van der Waals surface area contributed by atoms with Crippen molar-refractivity contribution in [2.45, 2.75) is 13.0 Å². The van der Waals surface area contributed by atoms with E-state index in [2.05, 4.69) is 15.0 Å². The molecule has 0 saturated carbocycles. The molecule has 0 radical (unpaired) electrons. The summed E-state index contributed by atoms with van der Waals surface area (Å²) in [6.45, 7) is 1.51. The lowest BCUT2D eigenvalue weighted by molar-refractivity contribution is -0.384. The highest BCUT2D eigenvalue weighted by molar-refractivity contribution is 6.29. The fourth-order valence-electron chi connectivity index (χ4n) is 2.96. The Morgan fingerprint density at radius 3 is 2.68 bits per heavy atom. The third-order valence-electron chi connectivity index (χ3n) is 4.22. The largest absolute Gasteiger partial charge is 0.367 e. The van der Waals surface area contributed by atoms with E-state index in [0.29, 0.717) is 17.5 Å². The van der Waals surface area contributed by atoms with Crippen LogP contribution in [0, 0.1) is 10.1 Å². The Kier molecular flexibility index (Phi) is 3.85. The highest BCUT2D eigenvalue weighted by atomic mass is 35.5. The van der Waals surface area contributed by atoms with E-state index >= 15 is 0 Å². The SMILES string of the molecule is O=[N+]([O-])c1ccc(N2CCc3nn(-c4cccc(Cl)n4)cc3C2)cc1. The second kappa shape index (κ2) is 6.18. The summed E-state index contributed by atoms with van der Waals surface area (Å²) in [7, 11) is 0. The first-order valence-electron chi connectivity index (χ1n) is 7.80. The van der Waals surface area contributed by atoms with E-state index in [1.165, 1.54) is 12.1 Å². The molecule has 3 aromatic rings. The Hall–Kier alpha value is -2.93. The van der Waals surface area contributed by atoms with Crippen LogP contribution >= 0.6 is 11.6 Å². The Balaban J connectivity index is 1.58. The lowest BCUT2D eigenvalue weighted by Gasteiger charge is -2.28. The zero-order chi connectivity index (χ0) is 17.4. The number of hydrogen-bond donors (Lipinski definition) is 0. The van der Waals surface area contributed by atoms with Crippen molar-refractivity contribution in [3.8, 4) is 5.82 Å². The number of non-ortho nitro benzene ring substituents is 1. The summed E-state index contributed by atoms with van der Waals surface area (Å²) in [5, 5.41) is 15.8. The van der Waals surface area contributed by atoms with Gasteiger partial charge in [0.25, 0.3) is 5.69 Å². The van der Waals surface area contributed by atoms with Crippen LogP contribution in [0.3, 0.4) is 0 Å². The number of fused-ring (bicyclic) bond motifs is 1. The van der Waals surface area contributed by atoms with Gasteiger partial charge in [-0.3, -0.25) is 10.1 Å². The van der Waals surface area contributed by atoms with Crippen LogP contribution in [-0.2, 0) is 13.0 Å². The molecule has 0 amide bonds. The average Bonchev–Trinajstić information content (AvgIpc) is 3.05. The fourth-order valence-corrected chi connectivity index (χ4v) is 3.12. The van der Waals surface area contributed by atoms with Crippen molar-refractivity contribution in [2.75, 3.05) is 11.4 Å². The Morgan fingerprint density at radius 2 is 1.96 bits per heavy atom. The fraction of sp³-hybridized carbons (Fsp3) is 0.176. The van der Waals surface area contributed by atoms with Crippen LogP contribution in [0.2, 0.25) is 5.15 Å². The number of rotatable bonds is 3. The topological polar surface area (TPSA) is 77.1 Å². The number of pyridine rings is 1. The zero-order valence-electron chi connectivity index (χ0n) is 13.2. The predicted octanol–water partition coefficient (Wildman–Crippen LogP) is 3.39. The molecule has 2 aromatic heterocycles. The molecule has 8 heteroatoms. The Morgan fingerprint density at radius 1 is 1.16 bits per heavy atom. The first-order valence-corrected chi connectivity index (χ1v) is 8.18. The van der Waals surface area contributed by atoms with E-state index in [9.17, 15) is 10.1 Å². The van der Waals surface area contributed by atoms with Gasteiger partial charge in [-0.2, -0.15) is 5.10 Å². The molecule has 0 fully saturated rings. The standard InChI is InChI=1S/C17H14ClN5O2/c18-16-2-1-3-17(19-16)22-11-12-10-21(9-8-15(12)20-22)13-4-6-14(7-5-13)23(24)25/h1-7,11H,8-10H2. The summed E-state index contributed by atoms with van der Waals surface area (Å²) >= 11 is 5.95. The maximum atomic E-state index is 10.8. The molecule has 4 rings (SSSR count). The van der Waals surface area contributed by atoms with Crippen LogP contribution in [0.15, 0.2) is 48.7 Å². The summed E-state index contributed by atoms with van der Waals surface area (Å²) < 4.78 is 1.75. The van der Waals surface area contributed by atoms with Gasteiger partial charge in [-0.25, -0.2) is 9.67 Å². The van der Waals surface area contributed by atoms with Gasteiger partial charge in [0.2, 0.25) is 0 Å². The monoisotopic (exact) mass is 355 g/mol. The molecule has 1 aliphatic rings. The van der Waals surface area contributed by atoms with E-state index in [1.807, 2.05) is 18.3 Å². The van der Waals surface area contributed by atoms with Crippen LogP contribution in [0.4, 0.5) is 11.4 Å². The molecular formula is C17H14ClN5O2. The van der Waals surface area contributed by atoms with E-state index in [4.69, 9.17) is 11.6 Å². The number of nitro benzene ring substituents is 1. The van der Waals surface area contributed by atoms with Crippen LogP contribution < -0.4 is 4.90 Å². The van der Waals surface area contributed by atoms with Crippen LogP contribution in [-0.4, -0.2) is 26.2 Å². The maximum Gasteiger partial charge on any atom is 0.269 e. The third-order valence-corrected chi connectivity index (χ3v) is 4.43. The predicted molar refractivity (Wildman–Crippen MR) is 94.2 cm³/mol. The van der Waals surface area contributed by atoms with Gasteiger partial charge in [0, 0.05) is 49.1 Å². The molecule has 0 spiro atoms. The second-order valence-electron chi connectivity index (χ2n) is 5.81. The van der Waals surface area contributed by atoms with Gasteiger partial charge in [0.1, 0.15) is 5.15 Å². The van der Waals surface area contributed by atoms with Gasteiger partial charge in [-0.15, -0.1) is 0 Å². The van der Waals surface area contributed by atoms with E-state index in [-0.39, 0.29) is 10.6 Å². The summed E-state index contributed by atoms with van der Waals surface area (Å²) in [6, 6.07) is 12.1. The minimum Gasteiger partial charge on any atom is -0.367 e. The lowest BCUT2D eigenvalue weighted by atomic mass is 10.1. The van der Waals surface area contributed by atoms with E-state index < -0.39 is 0 Å². The highest BCUT2D eigenvalue weighted by Crippen LogP contribution is 2.26. The Labute approximate surface area is 148 Å². The molecule has 0 unspecified atom stereocenters. The molecule has 0 saturated heterocycles. The smallest absolute Gasteiger partial charge is 0.269 e. The van der Waals surface area contributed by atoms with E-state index in [0.717, 1.165) is 29.9 Å². The maximum absolute atomic E-state index is 10.8. The number of halogens is 1. The third kappa shape index (κ3) is 3.06. The minimum atomic E-state index is -0.389. The van der Waals surface area contributed by atoms with Gasteiger partial charge in [0.05, 0.1) is 10.6 Å². The number of nitro groups is 1. The van der Waals surface area contributed by atoms with Crippen molar-refractivity contribution in [1.82, 2.24) is 14.8 Å². The molecule has 126 valence electrons. The van der Waals surface area contributed by atoms with Crippen molar-refractivity contribution < 1.29 is 4.92 Å². The van der Waals surface area contributed by atoms with Gasteiger partial charge < -0.3 is 4.90 Å². The quantitative estimate of drug-likeness (QED) is 0.409. The molecule has 0 atom stereocenters. The molecule has 0 N–H and O–H groups in total. The van der Waals surface area contributed by atoms with Crippen molar-refractivity contribution in [3.63, 3.8) is 0 Å². The van der Waals surface area contributed by atoms with Crippen molar-refractivity contribution >= 4 is 23.0 Å². The number of aromatic nitrogens is 3. The molecule has 0 bridgehead atoms. The van der Waals surface area contributed by atoms with Gasteiger partial charge in [0.15, 0.2) is 5.82 Å². The minimum absolute atomic E-state index is 0.0984. The molecule has 25 heavy (non-hydrogen) atoms. The van der Waals surface area contributed by atoms with Crippen molar-refractivity contribution in [2.24, 2.45) is 0 Å². The van der Waals surface area contributed by atoms with Crippen molar-refractivity contribution in [3.05, 3.63) is 75.2 Å². The first-order chi connectivity index (χ1) is 12.1. The number of hydrogen-bond acceptors (Lipinski definition) is 5. The molecule has 7 nitrogen and oxygen atoms in total. The summed E-state index contributed by atoms with van der Waals surface area (Å²) in [6.07, 6.45) is 2.77.